The van der Waals surface area contributed by atoms with Gasteiger partial charge in [0, 0.05) is 26.2 Å². The molecule has 122 valence electrons. The molecule has 1 atom stereocenters. The van der Waals surface area contributed by atoms with Crippen molar-refractivity contribution < 1.29 is 9.90 Å². The average Bonchev–Trinajstić information content (AvgIpc) is 2.48. The molecule has 4 N–H and O–H groups in total. The first kappa shape index (κ1) is 18.1. The summed E-state index contributed by atoms with van der Waals surface area (Å²) in [5.41, 5.74) is 6.51. The summed E-state index contributed by atoms with van der Waals surface area (Å²) in [5, 5.41) is 16.9. The number of nitrogens with one attached hydrogen (secondary N) is 1. The van der Waals surface area contributed by atoms with Gasteiger partial charge >= 0.3 is 6.09 Å². The van der Waals surface area contributed by atoms with Gasteiger partial charge in [0.1, 0.15) is 0 Å². The predicted molar refractivity (Wildman–Crippen MR) is 88.3 cm³/mol. The van der Waals surface area contributed by atoms with Crippen LogP contribution in [0.2, 0.25) is 0 Å². The smallest absolute Gasteiger partial charge is 0.407 e. The third-order valence-corrected chi connectivity index (χ3v) is 3.83. The lowest BCUT2D eigenvalue weighted by Crippen LogP contribution is -2.46. The number of piperidine rings is 1. The molecule has 1 aliphatic heterocycles. The van der Waals surface area contributed by atoms with Crippen LogP contribution in [0.5, 0.6) is 0 Å². The second kappa shape index (κ2) is 8.48. The molecule has 0 aliphatic carbocycles. The van der Waals surface area contributed by atoms with E-state index < -0.39 is 6.09 Å². The Morgan fingerprint density at radius 3 is 2.68 bits per heavy atom. The molecule has 1 amide bonds. The Labute approximate surface area is 136 Å². The van der Waals surface area contributed by atoms with Gasteiger partial charge in [-0.25, -0.2) is 4.79 Å². The highest BCUT2D eigenvalue weighted by molar-refractivity contribution is 5.85. The number of carbonyl (C=O) groups is 1. The van der Waals surface area contributed by atoms with E-state index in [-0.39, 0.29) is 24.3 Å². The number of benzene rings is 1. The van der Waals surface area contributed by atoms with Crippen LogP contribution in [0.25, 0.3) is 0 Å². The van der Waals surface area contributed by atoms with Crippen molar-refractivity contribution >= 4 is 24.5 Å². The van der Waals surface area contributed by atoms with Gasteiger partial charge in [-0.1, -0.05) is 30.3 Å². The zero-order chi connectivity index (χ0) is 15.2. The Morgan fingerprint density at radius 2 is 2.09 bits per heavy atom. The summed E-state index contributed by atoms with van der Waals surface area (Å²) in [6.07, 6.45) is 1.02. The molecule has 0 bridgehead atoms. The number of amides is 1. The molecule has 1 saturated heterocycles. The maximum absolute atomic E-state index is 11.4. The third-order valence-electron chi connectivity index (χ3n) is 3.83. The molecular weight excluding hydrogens is 304 g/mol. The SMILES string of the molecule is Cl.N=C(N)N1CCC[C@H](CN(Cc2ccccc2)C(=O)O)C1. The lowest BCUT2D eigenvalue weighted by atomic mass is 9.97. The Balaban J connectivity index is 0.00000242. The van der Waals surface area contributed by atoms with E-state index in [1.54, 1.807) is 0 Å². The number of nitrogens with two attached hydrogens (primary N) is 1. The molecule has 1 aromatic carbocycles. The Kier molecular flexibility index (Phi) is 6.98. The van der Waals surface area contributed by atoms with Crippen LogP contribution < -0.4 is 5.73 Å². The first-order chi connectivity index (χ1) is 10.1. The highest BCUT2D eigenvalue weighted by Gasteiger charge is 2.24. The van der Waals surface area contributed by atoms with E-state index in [4.69, 9.17) is 11.1 Å². The van der Waals surface area contributed by atoms with Crippen LogP contribution in [-0.2, 0) is 6.54 Å². The molecule has 0 unspecified atom stereocenters. The van der Waals surface area contributed by atoms with Crippen LogP contribution >= 0.6 is 12.4 Å². The molecular formula is C15H23ClN4O2. The highest BCUT2D eigenvalue weighted by Crippen LogP contribution is 2.18. The number of hydrogen-bond donors (Lipinski definition) is 3. The molecule has 1 aromatic rings. The monoisotopic (exact) mass is 326 g/mol. The van der Waals surface area contributed by atoms with Gasteiger partial charge in [0.2, 0.25) is 0 Å². The first-order valence-corrected chi connectivity index (χ1v) is 7.17. The van der Waals surface area contributed by atoms with E-state index in [0.29, 0.717) is 19.6 Å². The zero-order valence-corrected chi connectivity index (χ0v) is 13.3. The van der Waals surface area contributed by atoms with Crippen LogP contribution in [0.4, 0.5) is 4.79 Å². The minimum Gasteiger partial charge on any atom is -0.465 e. The third kappa shape index (κ3) is 5.11. The van der Waals surface area contributed by atoms with Crippen LogP contribution in [0, 0.1) is 11.3 Å². The van der Waals surface area contributed by atoms with Crippen molar-refractivity contribution in [3.8, 4) is 0 Å². The number of nitrogens with zero attached hydrogens (tertiary/aromatic N) is 2. The van der Waals surface area contributed by atoms with Gasteiger partial charge in [0.25, 0.3) is 0 Å². The van der Waals surface area contributed by atoms with Gasteiger partial charge in [-0.3, -0.25) is 5.41 Å². The van der Waals surface area contributed by atoms with Crippen molar-refractivity contribution in [2.75, 3.05) is 19.6 Å². The number of rotatable bonds is 4. The quantitative estimate of drug-likeness (QED) is 0.584. The largest absolute Gasteiger partial charge is 0.465 e. The van der Waals surface area contributed by atoms with Crippen molar-refractivity contribution in [1.82, 2.24) is 9.80 Å². The summed E-state index contributed by atoms with van der Waals surface area (Å²) in [7, 11) is 0. The minimum absolute atomic E-state index is 0. The van der Waals surface area contributed by atoms with E-state index in [9.17, 15) is 9.90 Å². The summed E-state index contributed by atoms with van der Waals surface area (Å²) < 4.78 is 0. The number of guanidine groups is 1. The molecule has 22 heavy (non-hydrogen) atoms. The van der Waals surface area contributed by atoms with Crippen LogP contribution in [0.15, 0.2) is 30.3 Å². The van der Waals surface area contributed by atoms with Gasteiger partial charge in [-0.05, 0) is 24.3 Å². The van der Waals surface area contributed by atoms with E-state index in [1.165, 1.54) is 4.90 Å². The minimum atomic E-state index is -0.904. The topological polar surface area (TPSA) is 93.7 Å². The predicted octanol–water partition coefficient (Wildman–Crippen LogP) is 2.19. The lowest BCUT2D eigenvalue weighted by Gasteiger charge is -2.35. The van der Waals surface area contributed by atoms with E-state index >= 15 is 0 Å². The number of halogens is 1. The van der Waals surface area contributed by atoms with E-state index in [1.807, 2.05) is 35.2 Å². The average molecular weight is 327 g/mol. The number of likely N-dealkylation sites (tertiary alicyclic amines) is 1. The van der Waals surface area contributed by atoms with Gasteiger partial charge in [-0.15, -0.1) is 12.4 Å². The van der Waals surface area contributed by atoms with Crippen molar-refractivity contribution in [2.45, 2.75) is 19.4 Å². The number of hydrogen-bond acceptors (Lipinski definition) is 2. The Bertz CT molecular complexity index is 498. The van der Waals surface area contributed by atoms with Crippen molar-refractivity contribution in [1.29, 1.82) is 5.41 Å². The van der Waals surface area contributed by atoms with Gasteiger partial charge in [0.05, 0.1) is 0 Å². The van der Waals surface area contributed by atoms with Crippen LogP contribution in [0.1, 0.15) is 18.4 Å². The van der Waals surface area contributed by atoms with Gasteiger partial charge in [0.15, 0.2) is 5.96 Å². The molecule has 7 heteroatoms. The zero-order valence-electron chi connectivity index (χ0n) is 12.4. The maximum atomic E-state index is 11.4. The summed E-state index contributed by atoms with van der Waals surface area (Å²) >= 11 is 0. The summed E-state index contributed by atoms with van der Waals surface area (Å²) in [5.74, 6) is 0.298. The second-order valence-corrected chi connectivity index (χ2v) is 5.49. The lowest BCUT2D eigenvalue weighted by molar-refractivity contribution is 0.122. The Morgan fingerprint density at radius 1 is 1.41 bits per heavy atom. The molecule has 2 rings (SSSR count). The Hall–Kier alpha value is -1.95. The van der Waals surface area contributed by atoms with Gasteiger partial charge in [-0.2, -0.15) is 0 Å². The molecule has 1 fully saturated rings. The van der Waals surface area contributed by atoms with Crippen LogP contribution in [0.3, 0.4) is 0 Å². The standard InChI is InChI=1S/C15H22N4O2.ClH/c16-14(17)18-8-4-7-13(10-18)11-19(15(20)21)9-12-5-2-1-3-6-12;/h1-3,5-6,13H,4,7-11H2,(H3,16,17)(H,20,21);1H/t13-;/m0./s1. The summed E-state index contributed by atoms with van der Waals surface area (Å²) in [6, 6.07) is 9.60. The molecule has 1 heterocycles. The first-order valence-electron chi connectivity index (χ1n) is 7.17. The molecule has 0 radical (unpaired) electrons. The fraction of sp³-hybridized carbons (Fsp3) is 0.467. The van der Waals surface area contributed by atoms with Crippen molar-refractivity contribution in [2.24, 2.45) is 11.7 Å². The maximum Gasteiger partial charge on any atom is 0.407 e. The second-order valence-electron chi connectivity index (χ2n) is 5.49. The summed E-state index contributed by atoms with van der Waals surface area (Å²) in [6.45, 7) is 2.33. The molecule has 0 spiro atoms. The summed E-state index contributed by atoms with van der Waals surface area (Å²) in [4.78, 5) is 14.7. The van der Waals surface area contributed by atoms with Gasteiger partial charge < -0.3 is 20.6 Å². The molecule has 6 nitrogen and oxygen atoms in total. The normalized spacial score (nSPS) is 17.5. The highest BCUT2D eigenvalue weighted by atomic mass is 35.5. The van der Waals surface area contributed by atoms with E-state index in [0.717, 1.165) is 24.9 Å². The fourth-order valence-electron chi connectivity index (χ4n) is 2.76. The molecule has 0 aromatic heterocycles. The molecule has 0 saturated carbocycles. The van der Waals surface area contributed by atoms with E-state index in [2.05, 4.69) is 0 Å². The van der Waals surface area contributed by atoms with Crippen LogP contribution in [-0.4, -0.2) is 46.6 Å². The fourth-order valence-corrected chi connectivity index (χ4v) is 2.76. The molecule has 1 aliphatic rings. The number of carboxylic acid groups (broad SMARTS) is 1. The van der Waals surface area contributed by atoms with Crippen molar-refractivity contribution in [3.05, 3.63) is 35.9 Å². The van der Waals surface area contributed by atoms with Crippen molar-refractivity contribution in [3.63, 3.8) is 0 Å².